The zero-order valence-corrected chi connectivity index (χ0v) is 10.6. The number of ether oxygens (including phenoxy) is 2. The third kappa shape index (κ3) is 1.40. The van der Waals surface area contributed by atoms with Crippen LogP contribution in [-0.4, -0.2) is 19.4 Å². The summed E-state index contributed by atoms with van der Waals surface area (Å²) in [5, 5.41) is 3.69. The van der Waals surface area contributed by atoms with Gasteiger partial charge in [-0.1, -0.05) is 18.9 Å². The fourth-order valence-corrected chi connectivity index (χ4v) is 4.00. The lowest BCUT2D eigenvalue weighted by molar-refractivity contribution is 0.173. The van der Waals surface area contributed by atoms with Gasteiger partial charge in [0, 0.05) is 11.5 Å². The number of benzene rings is 1. The molecule has 0 radical (unpaired) electrons. The molecular formula is C15H19NO2. The highest BCUT2D eigenvalue weighted by Crippen LogP contribution is 2.47. The summed E-state index contributed by atoms with van der Waals surface area (Å²) in [5.74, 6) is 1.83. The molecule has 1 aliphatic carbocycles. The first kappa shape index (κ1) is 10.7. The summed E-state index contributed by atoms with van der Waals surface area (Å²) in [4.78, 5) is 0. The van der Waals surface area contributed by atoms with Crippen molar-refractivity contribution in [2.45, 2.75) is 43.6 Å². The van der Waals surface area contributed by atoms with Crippen LogP contribution < -0.4 is 14.8 Å². The summed E-state index contributed by atoms with van der Waals surface area (Å²) < 4.78 is 10.9. The van der Waals surface area contributed by atoms with Crippen LogP contribution in [0.15, 0.2) is 18.2 Å². The lowest BCUT2D eigenvalue weighted by Gasteiger charge is -2.39. The molecule has 18 heavy (non-hydrogen) atoms. The van der Waals surface area contributed by atoms with Crippen LogP contribution in [0.4, 0.5) is 0 Å². The second-order valence-electron chi connectivity index (χ2n) is 5.73. The molecule has 1 aromatic carbocycles. The molecule has 2 aliphatic heterocycles. The molecule has 2 heterocycles. The molecule has 0 amide bonds. The fourth-order valence-electron chi connectivity index (χ4n) is 4.00. The molecule has 1 aromatic rings. The molecule has 1 saturated carbocycles. The van der Waals surface area contributed by atoms with Gasteiger partial charge in [0.25, 0.3) is 0 Å². The van der Waals surface area contributed by atoms with Gasteiger partial charge in [0.05, 0.1) is 0 Å². The maximum atomic E-state index is 5.53. The van der Waals surface area contributed by atoms with E-state index in [1.807, 2.05) is 0 Å². The zero-order chi connectivity index (χ0) is 12.0. The minimum Gasteiger partial charge on any atom is -0.454 e. The fraction of sp³-hybridized carbons (Fsp3) is 0.600. The van der Waals surface area contributed by atoms with Crippen molar-refractivity contribution >= 4 is 0 Å². The predicted octanol–water partition coefficient (Wildman–Crippen LogP) is 2.59. The molecule has 1 N–H and O–H groups in total. The molecule has 3 aliphatic rings. The molecule has 3 heteroatoms. The topological polar surface area (TPSA) is 30.5 Å². The molecule has 2 fully saturated rings. The third-order valence-corrected chi connectivity index (χ3v) is 4.94. The second kappa shape index (κ2) is 3.89. The monoisotopic (exact) mass is 245 g/mol. The van der Waals surface area contributed by atoms with Crippen molar-refractivity contribution < 1.29 is 9.47 Å². The van der Waals surface area contributed by atoms with E-state index < -0.39 is 0 Å². The average molecular weight is 245 g/mol. The van der Waals surface area contributed by atoms with Gasteiger partial charge in [-0.3, -0.25) is 0 Å². The highest BCUT2D eigenvalue weighted by atomic mass is 16.7. The Morgan fingerprint density at radius 3 is 3.06 bits per heavy atom. The summed E-state index contributed by atoms with van der Waals surface area (Å²) in [6, 6.07) is 7.20. The number of fused-ring (bicyclic) bond motifs is 2. The van der Waals surface area contributed by atoms with Gasteiger partial charge in [-0.05, 0) is 43.5 Å². The Labute approximate surface area is 107 Å². The Bertz CT molecular complexity index is 474. The van der Waals surface area contributed by atoms with Crippen LogP contribution in [0.1, 0.15) is 37.7 Å². The largest absolute Gasteiger partial charge is 0.454 e. The van der Waals surface area contributed by atoms with Gasteiger partial charge >= 0.3 is 0 Å². The van der Waals surface area contributed by atoms with Crippen molar-refractivity contribution in [3.8, 4) is 11.5 Å². The minimum absolute atomic E-state index is 0.346. The van der Waals surface area contributed by atoms with E-state index in [1.165, 1.54) is 37.7 Å². The Hall–Kier alpha value is -1.22. The molecule has 0 unspecified atom stereocenters. The highest BCUT2D eigenvalue weighted by Gasteiger charge is 2.45. The van der Waals surface area contributed by atoms with Crippen molar-refractivity contribution in [1.82, 2.24) is 5.32 Å². The summed E-state index contributed by atoms with van der Waals surface area (Å²) in [6.45, 7) is 1.52. The average Bonchev–Trinajstić information content (AvgIpc) is 3.04. The molecule has 1 saturated heterocycles. The highest BCUT2D eigenvalue weighted by molar-refractivity contribution is 5.47. The van der Waals surface area contributed by atoms with Crippen LogP contribution in [-0.2, 0) is 5.41 Å². The molecule has 3 nitrogen and oxygen atoms in total. The van der Waals surface area contributed by atoms with Gasteiger partial charge in [-0.2, -0.15) is 0 Å². The third-order valence-electron chi connectivity index (χ3n) is 4.94. The standard InChI is InChI=1S/C15H19NO2/c1-2-6-15(7-8-16-14(15)3-1)11-4-5-12-13(9-11)18-10-17-12/h4-5,9,14,16H,1-3,6-8,10H2/t14-,15-/m0/s1. The lowest BCUT2D eigenvalue weighted by Crippen LogP contribution is -2.42. The van der Waals surface area contributed by atoms with Crippen molar-refractivity contribution in [2.75, 3.05) is 13.3 Å². The van der Waals surface area contributed by atoms with Crippen LogP contribution in [0.25, 0.3) is 0 Å². The van der Waals surface area contributed by atoms with Crippen molar-refractivity contribution in [3.63, 3.8) is 0 Å². The first-order valence-corrected chi connectivity index (χ1v) is 7.02. The van der Waals surface area contributed by atoms with Crippen LogP contribution in [0.2, 0.25) is 0 Å². The molecule has 4 rings (SSSR count). The van der Waals surface area contributed by atoms with E-state index >= 15 is 0 Å². The Morgan fingerprint density at radius 2 is 2.06 bits per heavy atom. The molecule has 0 bridgehead atoms. The van der Waals surface area contributed by atoms with E-state index in [0.29, 0.717) is 18.2 Å². The first-order chi connectivity index (χ1) is 8.88. The van der Waals surface area contributed by atoms with E-state index in [0.717, 1.165) is 18.0 Å². The lowest BCUT2D eigenvalue weighted by atomic mass is 9.66. The van der Waals surface area contributed by atoms with E-state index in [-0.39, 0.29) is 0 Å². The first-order valence-electron chi connectivity index (χ1n) is 7.02. The zero-order valence-electron chi connectivity index (χ0n) is 10.6. The molecule has 0 spiro atoms. The molecular weight excluding hydrogens is 226 g/mol. The number of hydrogen-bond acceptors (Lipinski definition) is 3. The van der Waals surface area contributed by atoms with E-state index in [4.69, 9.17) is 9.47 Å². The molecule has 96 valence electrons. The van der Waals surface area contributed by atoms with E-state index in [2.05, 4.69) is 23.5 Å². The van der Waals surface area contributed by atoms with Crippen molar-refractivity contribution in [2.24, 2.45) is 0 Å². The maximum absolute atomic E-state index is 5.53. The number of rotatable bonds is 1. The number of nitrogens with one attached hydrogen (secondary N) is 1. The van der Waals surface area contributed by atoms with Crippen LogP contribution in [0, 0.1) is 0 Å². The van der Waals surface area contributed by atoms with Gasteiger partial charge in [0.1, 0.15) is 0 Å². The molecule has 2 atom stereocenters. The quantitative estimate of drug-likeness (QED) is 0.825. The van der Waals surface area contributed by atoms with Crippen LogP contribution in [0.5, 0.6) is 11.5 Å². The van der Waals surface area contributed by atoms with Gasteiger partial charge in [-0.25, -0.2) is 0 Å². The van der Waals surface area contributed by atoms with E-state index in [1.54, 1.807) is 0 Å². The SMILES string of the molecule is c1cc2c(cc1[C@@]13CCCC[C@@H]1NCC3)OCO2. The van der Waals surface area contributed by atoms with Crippen molar-refractivity contribution in [3.05, 3.63) is 23.8 Å². The van der Waals surface area contributed by atoms with Gasteiger partial charge in [0.15, 0.2) is 11.5 Å². The van der Waals surface area contributed by atoms with E-state index in [9.17, 15) is 0 Å². The smallest absolute Gasteiger partial charge is 0.231 e. The minimum atomic E-state index is 0.346. The Morgan fingerprint density at radius 1 is 1.11 bits per heavy atom. The molecule has 0 aromatic heterocycles. The second-order valence-corrected chi connectivity index (χ2v) is 5.73. The Kier molecular flexibility index (Phi) is 2.31. The van der Waals surface area contributed by atoms with Crippen LogP contribution in [0.3, 0.4) is 0 Å². The summed E-state index contributed by atoms with van der Waals surface area (Å²) in [7, 11) is 0. The van der Waals surface area contributed by atoms with Crippen LogP contribution >= 0.6 is 0 Å². The Balaban J connectivity index is 1.76. The van der Waals surface area contributed by atoms with Gasteiger partial charge < -0.3 is 14.8 Å². The summed E-state index contributed by atoms with van der Waals surface area (Å²) in [6.07, 6.45) is 6.60. The summed E-state index contributed by atoms with van der Waals surface area (Å²) >= 11 is 0. The number of hydrogen-bond donors (Lipinski definition) is 1. The van der Waals surface area contributed by atoms with Gasteiger partial charge in [0.2, 0.25) is 6.79 Å². The maximum Gasteiger partial charge on any atom is 0.231 e. The normalized spacial score (nSPS) is 33.4. The predicted molar refractivity (Wildman–Crippen MR) is 69.1 cm³/mol. The summed E-state index contributed by atoms with van der Waals surface area (Å²) in [5.41, 5.74) is 1.79. The van der Waals surface area contributed by atoms with Gasteiger partial charge in [-0.15, -0.1) is 0 Å². The van der Waals surface area contributed by atoms with Crippen molar-refractivity contribution in [1.29, 1.82) is 0 Å².